The predicted octanol–water partition coefficient (Wildman–Crippen LogP) is 4.90. The summed E-state index contributed by atoms with van der Waals surface area (Å²) < 4.78 is 32.8. The first-order chi connectivity index (χ1) is 13.4. The molecular weight excluding hydrogens is 366 g/mol. The van der Waals surface area contributed by atoms with Gasteiger partial charge in [-0.1, -0.05) is 24.3 Å². The van der Waals surface area contributed by atoms with E-state index in [0.717, 1.165) is 0 Å². The predicted molar refractivity (Wildman–Crippen MR) is 99.0 cm³/mol. The molecular formula is C21H16F2N2O3. The number of carbonyl (C=O) groups is 2. The summed E-state index contributed by atoms with van der Waals surface area (Å²) in [4.78, 5) is 28.0. The number of ether oxygens (including phenoxy) is 1. The minimum Gasteiger partial charge on any atom is -0.436 e. The average Bonchev–Trinajstić information content (AvgIpc) is 2.66. The Morgan fingerprint density at radius 3 is 2.11 bits per heavy atom. The number of nitrogens with one attached hydrogen (secondary N) is 1. The van der Waals surface area contributed by atoms with Crippen LogP contribution in [0.5, 0.6) is 0 Å². The van der Waals surface area contributed by atoms with E-state index in [2.05, 4.69) is 10.3 Å². The summed E-state index contributed by atoms with van der Waals surface area (Å²) in [6.45, 7) is 1.32. The summed E-state index contributed by atoms with van der Waals surface area (Å²) in [6.07, 6.45) is -0.520. The summed E-state index contributed by atoms with van der Waals surface area (Å²) in [5.41, 5.74) is 0.919. The van der Waals surface area contributed by atoms with E-state index in [0.29, 0.717) is 11.1 Å². The van der Waals surface area contributed by atoms with E-state index >= 15 is 0 Å². The van der Waals surface area contributed by atoms with Crippen LogP contribution in [-0.4, -0.2) is 16.9 Å². The van der Waals surface area contributed by atoms with Gasteiger partial charge in [-0.2, -0.15) is 0 Å². The van der Waals surface area contributed by atoms with E-state index < -0.39 is 23.8 Å². The third-order valence-corrected chi connectivity index (χ3v) is 3.91. The van der Waals surface area contributed by atoms with Crippen LogP contribution in [0.4, 0.5) is 19.3 Å². The number of anilines is 1. The molecule has 2 aromatic carbocycles. The first-order valence-electron chi connectivity index (χ1n) is 8.38. The van der Waals surface area contributed by atoms with E-state index in [-0.39, 0.29) is 17.2 Å². The van der Waals surface area contributed by atoms with Crippen LogP contribution in [-0.2, 0) is 4.74 Å². The summed E-state index contributed by atoms with van der Waals surface area (Å²) >= 11 is 0. The molecule has 0 saturated carbocycles. The lowest BCUT2D eigenvalue weighted by Gasteiger charge is -2.19. The third kappa shape index (κ3) is 4.56. The number of benzene rings is 2. The van der Waals surface area contributed by atoms with Gasteiger partial charge in [-0.3, -0.25) is 15.1 Å². The van der Waals surface area contributed by atoms with Crippen molar-refractivity contribution < 1.29 is 23.1 Å². The summed E-state index contributed by atoms with van der Waals surface area (Å²) in [6, 6.07) is 14.0. The van der Waals surface area contributed by atoms with E-state index in [1.54, 1.807) is 18.2 Å². The maximum atomic E-state index is 13.7. The van der Waals surface area contributed by atoms with Gasteiger partial charge in [-0.05, 0) is 47.5 Å². The first-order valence-corrected chi connectivity index (χ1v) is 8.38. The SMILES string of the molecule is CC(=O)c1ncccc1NC(=O)OC(c1cccc(F)c1)c1cccc(F)c1. The average molecular weight is 382 g/mol. The number of nitrogens with zero attached hydrogens (tertiary/aromatic N) is 1. The lowest BCUT2D eigenvalue weighted by molar-refractivity contribution is 0.101. The maximum Gasteiger partial charge on any atom is 0.412 e. The standard InChI is InChI=1S/C21H16F2N2O3/c1-13(26)19-18(9-4-10-24-19)25-21(27)28-20(14-5-2-7-16(22)11-14)15-6-3-8-17(23)12-15/h2-12,20H,1H3,(H,25,27). The van der Waals surface area contributed by atoms with Crippen LogP contribution in [0.25, 0.3) is 0 Å². The number of carbonyl (C=O) groups excluding carboxylic acids is 2. The Labute approximate surface area is 160 Å². The molecule has 3 aromatic rings. The normalized spacial score (nSPS) is 10.6. The van der Waals surface area contributed by atoms with Crippen molar-refractivity contribution in [3.63, 3.8) is 0 Å². The minimum absolute atomic E-state index is 0.0764. The van der Waals surface area contributed by atoms with Crippen molar-refractivity contribution in [1.82, 2.24) is 4.98 Å². The van der Waals surface area contributed by atoms with Gasteiger partial charge in [0.05, 0.1) is 5.69 Å². The van der Waals surface area contributed by atoms with Crippen molar-refractivity contribution in [2.75, 3.05) is 5.32 Å². The molecule has 28 heavy (non-hydrogen) atoms. The number of pyridine rings is 1. The topological polar surface area (TPSA) is 68.3 Å². The number of aromatic nitrogens is 1. The van der Waals surface area contributed by atoms with Crippen LogP contribution in [0, 0.1) is 11.6 Å². The number of amides is 1. The monoisotopic (exact) mass is 382 g/mol. The highest BCUT2D eigenvalue weighted by atomic mass is 19.1. The Kier molecular flexibility index (Phi) is 5.74. The first kappa shape index (κ1) is 19.2. The quantitative estimate of drug-likeness (QED) is 0.637. The molecule has 0 saturated heterocycles. The molecule has 1 amide bonds. The van der Waals surface area contributed by atoms with Crippen LogP contribution < -0.4 is 5.32 Å². The molecule has 7 heteroatoms. The Hall–Kier alpha value is -3.61. The maximum absolute atomic E-state index is 13.7. The molecule has 0 spiro atoms. The number of halogens is 2. The van der Waals surface area contributed by atoms with Crippen LogP contribution in [0.1, 0.15) is 34.6 Å². The van der Waals surface area contributed by atoms with Gasteiger partial charge in [0.2, 0.25) is 0 Å². The number of rotatable bonds is 5. The summed E-state index contributed by atoms with van der Waals surface area (Å²) in [5, 5.41) is 2.46. The van der Waals surface area contributed by atoms with Gasteiger partial charge in [0.1, 0.15) is 17.3 Å². The van der Waals surface area contributed by atoms with Gasteiger partial charge in [-0.15, -0.1) is 0 Å². The highest BCUT2D eigenvalue weighted by molar-refractivity contribution is 6.00. The van der Waals surface area contributed by atoms with Crippen LogP contribution in [0.15, 0.2) is 66.9 Å². The van der Waals surface area contributed by atoms with E-state index in [1.807, 2.05) is 0 Å². The fraction of sp³-hybridized carbons (Fsp3) is 0.0952. The van der Waals surface area contributed by atoms with Gasteiger partial charge in [-0.25, -0.2) is 13.6 Å². The molecule has 1 heterocycles. The second-order valence-corrected chi connectivity index (χ2v) is 5.98. The number of Topliss-reactive ketones (excluding diaryl/α,β-unsaturated/α-hetero) is 1. The van der Waals surface area contributed by atoms with Crippen molar-refractivity contribution in [2.24, 2.45) is 0 Å². The Bertz CT molecular complexity index is 978. The van der Waals surface area contributed by atoms with Crippen molar-refractivity contribution in [2.45, 2.75) is 13.0 Å². The van der Waals surface area contributed by atoms with Gasteiger partial charge >= 0.3 is 6.09 Å². The zero-order valence-electron chi connectivity index (χ0n) is 14.9. The summed E-state index contributed by atoms with van der Waals surface area (Å²) in [5.74, 6) is -1.37. The summed E-state index contributed by atoms with van der Waals surface area (Å²) in [7, 11) is 0. The number of ketones is 1. The zero-order valence-corrected chi connectivity index (χ0v) is 14.9. The van der Waals surface area contributed by atoms with Crippen LogP contribution in [0.3, 0.4) is 0 Å². The molecule has 0 unspecified atom stereocenters. The molecule has 0 fully saturated rings. The fourth-order valence-electron chi connectivity index (χ4n) is 2.70. The van der Waals surface area contributed by atoms with Crippen LogP contribution >= 0.6 is 0 Å². The van der Waals surface area contributed by atoms with Crippen molar-refractivity contribution in [1.29, 1.82) is 0 Å². The molecule has 0 aliphatic heterocycles. The van der Waals surface area contributed by atoms with Crippen molar-refractivity contribution in [3.8, 4) is 0 Å². The Balaban J connectivity index is 1.90. The zero-order chi connectivity index (χ0) is 20.1. The Morgan fingerprint density at radius 2 is 1.57 bits per heavy atom. The van der Waals surface area contributed by atoms with E-state index in [4.69, 9.17) is 4.74 Å². The molecule has 3 rings (SSSR count). The highest BCUT2D eigenvalue weighted by Gasteiger charge is 2.21. The lowest BCUT2D eigenvalue weighted by Crippen LogP contribution is -2.20. The molecule has 0 bridgehead atoms. The molecule has 0 aliphatic rings. The molecule has 142 valence electrons. The van der Waals surface area contributed by atoms with E-state index in [1.165, 1.54) is 55.6 Å². The van der Waals surface area contributed by atoms with Gasteiger partial charge in [0.25, 0.3) is 0 Å². The molecule has 0 aliphatic carbocycles. The second-order valence-electron chi connectivity index (χ2n) is 5.98. The highest BCUT2D eigenvalue weighted by Crippen LogP contribution is 2.28. The van der Waals surface area contributed by atoms with Gasteiger partial charge in [0, 0.05) is 13.1 Å². The molecule has 5 nitrogen and oxygen atoms in total. The van der Waals surface area contributed by atoms with E-state index in [9.17, 15) is 18.4 Å². The van der Waals surface area contributed by atoms with Crippen molar-refractivity contribution in [3.05, 3.63) is 95.3 Å². The molecule has 0 atom stereocenters. The minimum atomic E-state index is -1.05. The molecule has 1 N–H and O–H groups in total. The van der Waals surface area contributed by atoms with Gasteiger partial charge < -0.3 is 4.74 Å². The number of hydrogen-bond acceptors (Lipinski definition) is 4. The lowest BCUT2D eigenvalue weighted by atomic mass is 10.0. The van der Waals surface area contributed by atoms with Crippen LogP contribution in [0.2, 0.25) is 0 Å². The Morgan fingerprint density at radius 1 is 0.964 bits per heavy atom. The largest absolute Gasteiger partial charge is 0.436 e. The fourth-order valence-corrected chi connectivity index (χ4v) is 2.70. The second kappa shape index (κ2) is 8.39. The van der Waals surface area contributed by atoms with Gasteiger partial charge in [0.15, 0.2) is 11.9 Å². The smallest absolute Gasteiger partial charge is 0.412 e. The molecule has 0 radical (unpaired) electrons. The van der Waals surface area contributed by atoms with Crippen molar-refractivity contribution >= 4 is 17.6 Å². The molecule has 1 aromatic heterocycles. The number of hydrogen-bond donors (Lipinski definition) is 1. The third-order valence-electron chi connectivity index (χ3n) is 3.91.